The summed E-state index contributed by atoms with van der Waals surface area (Å²) in [5, 5.41) is 1.63. The minimum Gasteiger partial charge on any atom is -0.496 e. The quantitative estimate of drug-likeness (QED) is 0.738. The summed E-state index contributed by atoms with van der Waals surface area (Å²) in [4.78, 5) is 3.67. The second kappa shape index (κ2) is 6.30. The van der Waals surface area contributed by atoms with Crippen molar-refractivity contribution in [1.82, 2.24) is 9.29 Å². The molecule has 0 fully saturated rings. The molecule has 26 heavy (non-hydrogen) atoms. The summed E-state index contributed by atoms with van der Waals surface area (Å²) < 4.78 is 33.0. The van der Waals surface area contributed by atoms with Crippen molar-refractivity contribution in [2.24, 2.45) is 0 Å². The van der Waals surface area contributed by atoms with Crippen LogP contribution in [0.5, 0.6) is 5.75 Å². The van der Waals surface area contributed by atoms with Crippen molar-refractivity contribution in [1.29, 1.82) is 0 Å². The van der Waals surface area contributed by atoms with Crippen LogP contribution >= 0.6 is 11.6 Å². The van der Waals surface area contributed by atoms with Gasteiger partial charge >= 0.3 is 0 Å². The van der Waals surface area contributed by atoms with Crippen LogP contribution in [0.25, 0.3) is 10.9 Å². The lowest BCUT2D eigenvalue weighted by Gasteiger charge is -2.26. The predicted octanol–water partition coefficient (Wildman–Crippen LogP) is 3.89. The summed E-state index contributed by atoms with van der Waals surface area (Å²) in [6.45, 7) is 2.62. The number of rotatable bonds is 3. The van der Waals surface area contributed by atoms with E-state index in [1.165, 1.54) is 4.31 Å². The van der Waals surface area contributed by atoms with Gasteiger partial charge in [-0.2, -0.15) is 4.31 Å². The van der Waals surface area contributed by atoms with Gasteiger partial charge in [-0.15, -0.1) is 0 Å². The number of aromatic nitrogens is 1. The maximum Gasteiger partial charge on any atom is 0.243 e. The van der Waals surface area contributed by atoms with Gasteiger partial charge in [0.15, 0.2) is 0 Å². The highest BCUT2D eigenvalue weighted by molar-refractivity contribution is 7.89. The monoisotopic (exact) mass is 390 g/mol. The summed E-state index contributed by atoms with van der Waals surface area (Å²) in [6.07, 6.45) is 0.649. The Morgan fingerprint density at radius 1 is 1.19 bits per heavy atom. The number of ether oxygens (including phenoxy) is 1. The van der Waals surface area contributed by atoms with Crippen LogP contribution in [-0.2, 0) is 23.0 Å². The molecule has 1 N–H and O–H groups in total. The van der Waals surface area contributed by atoms with E-state index in [1.54, 1.807) is 25.3 Å². The smallest absolute Gasteiger partial charge is 0.243 e. The average molecular weight is 391 g/mol. The zero-order valence-electron chi connectivity index (χ0n) is 14.5. The minimum absolute atomic E-state index is 0.289. The Bertz CT molecular complexity index is 1110. The maximum absolute atomic E-state index is 13.1. The average Bonchev–Trinajstić information content (AvgIpc) is 2.98. The lowest BCUT2D eigenvalue weighted by atomic mass is 10.1. The molecular formula is C19H19ClN2O3S. The standard InChI is InChI=1S/C19H19ClN2O3S/c1-12-9-14(4-6-19(12)25-2)26(23,24)22-8-7-18-16(11-22)15-10-13(20)3-5-17(15)21-18/h3-6,9-10,21H,7-8,11H2,1-2H3. The van der Waals surface area contributed by atoms with Crippen molar-refractivity contribution in [3.05, 3.63) is 58.2 Å². The number of hydrogen-bond acceptors (Lipinski definition) is 3. The minimum atomic E-state index is -3.58. The molecule has 136 valence electrons. The molecule has 0 radical (unpaired) electrons. The Hall–Kier alpha value is -2.02. The molecule has 0 spiro atoms. The van der Waals surface area contributed by atoms with Gasteiger partial charge in [0.05, 0.1) is 12.0 Å². The molecule has 0 unspecified atom stereocenters. The van der Waals surface area contributed by atoms with Crippen molar-refractivity contribution < 1.29 is 13.2 Å². The zero-order chi connectivity index (χ0) is 18.5. The van der Waals surface area contributed by atoms with Crippen molar-refractivity contribution in [2.45, 2.75) is 24.8 Å². The molecule has 1 aliphatic heterocycles. The first-order chi connectivity index (χ1) is 12.4. The van der Waals surface area contributed by atoms with Crippen molar-refractivity contribution in [3.8, 4) is 5.75 Å². The molecule has 0 aliphatic carbocycles. The highest BCUT2D eigenvalue weighted by atomic mass is 35.5. The number of methoxy groups -OCH3 is 1. The van der Waals surface area contributed by atoms with E-state index in [0.717, 1.165) is 27.7 Å². The lowest BCUT2D eigenvalue weighted by molar-refractivity contribution is 0.390. The molecule has 0 saturated heterocycles. The highest BCUT2D eigenvalue weighted by Crippen LogP contribution is 2.32. The molecule has 1 aliphatic rings. The number of hydrogen-bond donors (Lipinski definition) is 1. The lowest BCUT2D eigenvalue weighted by Crippen LogP contribution is -2.35. The number of benzene rings is 2. The van der Waals surface area contributed by atoms with Crippen LogP contribution in [0.3, 0.4) is 0 Å². The molecule has 0 atom stereocenters. The number of nitrogens with one attached hydrogen (secondary N) is 1. The van der Waals surface area contributed by atoms with Crippen LogP contribution in [-0.4, -0.2) is 31.4 Å². The molecule has 3 aromatic rings. The third-order valence-corrected chi connectivity index (χ3v) is 6.98. The Kier molecular flexibility index (Phi) is 4.22. The third-order valence-electron chi connectivity index (χ3n) is 4.91. The first-order valence-electron chi connectivity index (χ1n) is 8.34. The number of sulfonamides is 1. The van der Waals surface area contributed by atoms with Crippen LogP contribution < -0.4 is 4.74 Å². The zero-order valence-corrected chi connectivity index (χ0v) is 16.1. The molecular weight excluding hydrogens is 372 g/mol. The van der Waals surface area contributed by atoms with Gasteiger partial charge in [0.1, 0.15) is 5.75 Å². The van der Waals surface area contributed by atoms with E-state index in [2.05, 4.69) is 4.98 Å². The van der Waals surface area contributed by atoms with Gasteiger partial charge in [-0.3, -0.25) is 0 Å². The largest absolute Gasteiger partial charge is 0.496 e. The molecule has 0 bridgehead atoms. The fraction of sp³-hybridized carbons (Fsp3) is 0.263. The summed E-state index contributed by atoms with van der Waals surface area (Å²) in [7, 11) is -2.00. The highest BCUT2D eigenvalue weighted by Gasteiger charge is 2.30. The fourth-order valence-electron chi connectivity index (χ4n) is 3.53. The van der Waals surface area contributed by atoms with Gasteiger partial charge in [0, 0.05) is 41.1 Å². The van der Waals surface area contributed by atoms with Gasteiger partial charge in [-0.25, -0.2) is 8.42 Å². The summed E-state index contributed by atoms with van der Waals surface area (Å²) in [5.74, 6) is 0.677. The second-order valence-corrected chi connectivity index (χ2v) is 8.87. The molecule has 5 nitrogen and oxygen atoms in total. The number of aryl methyl sites for hydroxylation is 1. The van der Waals surface area contributed by atoms with E-state index in [0.29, 0.717) is 30.3 Å². The van der Waals surface area contributed by atoms with Gasteiger partial charge < -0.3 is 9.72 Å². The normalized spacial score (nSPS) is 15.2. The number of aromatic amines is 1. The predicted molar refractivity (Wildman–Crippen MR) is 102 cm³/mol. The first-order valence-corrected chi connectivity index (χ1v) is 10.2. The van der Waals surface area contributed by atoms with E-state index in [4.69, 9.17) is 16.3 Å². The third kappa shape index (κ3) is 2.78. The van der Waals surface area contributed by atoms with Crippen molar-refractivity contribution in [2.75, 3.05) is 13.7 Å². The van der Waals surface area contributed by atoms with Gasteiger partial charge in [0.25, 0.3) is 0 Å². The number of fused-ring (bicyclic) bond motifs is 3. The number of halogens is 1. The van der Waals surface area contributed by atoms with Crippen LogP contribution in [0.4, 0.5) is 0 Å². The topological polar surface area (TPSA) is 62.4 Å². The molecule has 2 heterocycles. The Morgan fingerprint density at radius 3 is 2.73 bits per heavy atom. The first kappa shape index (κ1) is 17.4. The Balaban J connectivity index is 1.72. The molecule has 1 aromatic heterocycles. The van der Waals surface area contributed by atoms with E-state index < -0.39 is 10.0 Å². The van der Waals surface area contributed by atoms with Gasteiger partial charge in [-0.1, -0.05) is 11.6 Å². The van der Waals surface area contributed by atoms with E-state index in [-0.39, 0.29) is 4.90 Å². The van der Waals surface area contributed by atoms with Crippen LogP contribution in [0, 0.1) is 6.92 Å². The van der Waals surface area contributed by atoms with E-state index >= 15 is 0 Å². The van der Waals surface area contributed by atoms with Crippen LogP contribution in [0.2, 0.25) is 5.02 Å². The fourth-order valence-corrected chi connectivity index (χ4v) is 5.19. The summed E-state index contributed by atoms with van der Waals surface area (Å²) in [5.41, 5.74) is 3.87. The molecule has 2 aromatic carbocycles. The molecule has 7 heteroatoms. The Morgan fingerprint density at radius 2 is 2.00 bits per heavy atom. The molecule has 4 rings (SSSR count). The maximum atomic E-state index is 13.1. The second-order valence-electron chi connectivity index (χ2n) is 6.49. The van der Waals surface area contributed by atoms with Crippen LogP contribution in [0.15, 0.2) is 41.3 Å². The SMILES string of the molecule is COc1ccc(S(=O)(=O)N2CCc3[nH]c4ccc(Cl)cc4c3C2)cc1C. The summed E-state index contributed by atoms with van der Waals surface area (Å²) >= 11 is 6.13. The van der Waals surface area contributed by atoms with E-state index in [1.807, 2.05) is 25.1 Å². The van der Waals surface area contributed by atoms with Crippen molar-refractivity contribution >= 4 is 32.5 Å². The Labute approximate surface area is 157 Å². The van der Waals surface area contributed by atoms with E-state index in [9.17, 15) is 8.42 Å². The van der Waals surface area contributed by atoms with Crippen LogP contribution in [0.1, 0.15) is 16.8 Å². The molecule has 0 saturated carbocycles. The molecule has 0 amide bonds. The summed E-state index contributed by atoms with van der Waals surface area (Å²) in [6, 6.07) is 10.6. The number of nitrogens with zero attached hydrogens (tertiary/aromatic N) is 1. The van der Waals surface area contributed by atoms with Gasteiger partial charge in [-0.05, 0) is 54.4 Å². The van der Waals surface area contributed by atoms with Crippen molar-refractivity contribution in [3.63, 3.8) is 0 Å². The number of H-pyrrole nitrogens is 1. The van der Waals surface area contributed by atoms with Gasteiger partial charge in [0.2, 0.25) is 10.0 Å².